The Bertz CT molecular complexity index is 390. The van der Waals surface area contributed by atoms with Crippen molar-refractivity contribution in [3.8, 4) is 5.75 Å². The number of aliphatic hydroxyl groups is 1. The lowest BCUT2D eigenvalue weighted by molar-refractivity contribution is -0.119. The lowest BCUT2D eigenvalue weighted by Gasteiger charge is -2.23. The summed E-state index contributed by atoms with van der Waals surface area (Å²) in [7, 11) is 0. The number of hydrogen-bond donors (Lipinski definition) is 1. The zero-order valence-electron chi connectivity index (χ0n) is 9.22. The Morgan fingerprint density at radius 1 is 1.50 bits per heavy atom. The summed E-state index contributed by atoms with van der Waals surface area (Å²) in [4.78, 5) is 13.4. The molecule has 1 aromatic carbocycles. The first-order chi connectivity index (χ1) is 7.68. The van der Waals surface area contributed by atoms with Crippen LogP contribution in [0.4, 0.5) is 5.69 Å². The average Bonchev–Trinajstić information content (AvgIpc) is 2.40. The van der Waals surface area contributed by atoms with Crippen LogP contribution >= 0.6 is 0 Å². The number of nitrogens with zero attached hydrogens (tertiary/aromatic N) is 1. The third kappa shape index (κ3) is 2.17. The third-order valence-electron chi connectivity index (χ3n) is 2.48. The van der Waals surface area contributed by atoms with E-state index in [2.05, 4.69) is 0 Å². The number of amides is 1. The predicted molar refractivity (Wildman–Crippen MR) is 60.6 cm³/mol. The molecule has 86 valence electrons. The molecule has 1 atom stereocenters. The van der Waals surface area contributed by atoms with Gasteiger partial charge in [0.2, 0.25) is 5.91 Å². The van der Waals surface area contributed by atoms with Crippen molar-refractivity contribution in [3.63, 3.8) is 0 Å². The highest BCUT2D eigenvalue weighted by molar-refractivity contribution is 5.95. The van der Waals surface area contributed by atoms with Crippen LogP contribution in [0.25, 0.3) is 0 Å². The lowest BCUT2D eigenvalue weighted by atomic mass is 10.2. The van der Waals surface area contributed by atoms with Gasteiger partial charge in [-0.1, -0.05) is 12.1 Å². The molecule has 0 unspecified atom stereocenters. The molecule has 16 heavy (non-hydrogen) atoms. The summed E-state index contributed by atoms with van der Waals surface area (Å²) < 4.78 is 5.49. The van der Waals surface area contributed by atoms with E-state index >= 15 is 0 Å². The quantitative estimate of drug-likeness (QED) is 0.816. The Kier molecular flexibility index (Phi) is 3.10. The van der Waals surface area contributed by atoms with Crippen molar-refractivity contribution in [2.75, 3.05) is 18.1 Å². The van der Waals surface area contributed by atoms with Crippen LogP contribution in [0.15, 0.2) is 24.3 Å². The number of hydrogen-bond acceptors (Lipinski definition) is 3. The van der Waals surface area contributed by atoms with Gasteiger partial charge < -0.3 is 14.7 Å². The number of ether oxygens (including phenoxy) is 1. The SMILES string of the molecule is C[C@H](O)CN1C(=O)CCOc2ccccc21. The molecule has 0 aliphatic carbocycles. The zero-order chi connectivity index (χ0) is 11.5. The molecule has 0 saturated carbocycles. The molecule has 1 aliphatic heterocycles. The van der Waals surface area contributed by atoms with E-state index in [1.165, 1.54) is 0 Å². The van der Waals surface area contributed by atoms with Gasteiger partial charge in [-0.25, -0.2) is 0 Å². The van der Waals surface area contributed by atoms with Crippen molar-refractivity contribution >= 4 is 11.6 Å². The van der Waals surface area contributed by atoms with E-state index in [-0.39, 0.29) is 5.91 Å². The van der Waals surface area contributed by atoms with E-state index in [1.807, 2.05) is 24.3 Å². The Morgan fingerprint density at radius 2 is 2.25 bits per heavy atom. The molecule has 4 heteroatoms. The molecule has 2 rings (SSSR count). The van der Waals surface area contributed by atoms with Gasteiger partial charge in [-0.15, -0.1) is 0 Å². The fraction of sp³-hybridized carbons (Fsp3) is 0.417. The zero-order valence-corrected chi connectivity index (χ0v) is 9.22. The molecule has 0 aromatic heterocycles. The number of benzene rings is 1. The number of rotatable bonds is 2. The van der Waals surface area contributed by atoms with Gasteiger partial charge >= 0.3 is 0 Å². The Labute approximate surface area is 94.4 Å². The second kappa shape index (κ2) is 4.53. The second-order valence-electron chi connectivity index (χ2n) is 3.92. The average molecular weight is 221 g/mol. The molecule has 0 spiro atoms. The van der Waals surface area contributed by atoms with Crippen molar-refractivity contribution in [3.05, 3.63) is 24.3 Å². The van der Waals surface area contributed by atoms with Gasteiger partial charge in [0.05, 0.1) is 31.4 Å². The Hall–Kier alpha value is -1.55. The number of carbonyl (C=O) groups excluding carboxylic acids is 1. The highest BCUT2D eigenvalue weighted by atomic mass is 16.5. The summed E-state index contributed by atoms with van der Waals surface area (Å²) in [5.41, 5.74) is 0.742. The first kappa shape index (κ1) is 11.0. The number of carbonyl (C=O) groups is 1. The molecule has 1 heterocycles. The number of aliphatic hydroxyl groups excluding tert-OH is 1. The normalized spacial score (nSPS) is 17.4. The van der Waals surface area contributed by atoms with Crippen LogP contribution in [-0.4, -0.2) is 30.3 Å². The van der Waals surface area contributed by atoms with E-state index in [1.54, 1.807) is 11.8 Å². The Morgan fingerprint density at radius 3 is 3.00 bits per heavy atom. The molecular weight excluding hydrogens is 206 g/mol. The summed E-state index contributed by atoms with van der Waals surface area (Å²) in [5, 5.41) is 9.41. The van der Waals surface area contributed by atoms with Crippen LogP contribution in [0.1, 0.15) is 13.3 Å². The summed E-state index contributed by atoms with van der Waals surface area (Å²) in [6.45, 7) is 2.37. The third-order valence-corrected chi connectivity index (χ3v) is 2.48. The minimum atomic E-state index is -0.546. The molecule has 1 N–H and O–H groups in total. The number of fused-ring (bicyclic) bond motifs is 1. The molecular formula is C12H15NO3. The van der Waals surface area contributed by atoms with Crippen molar-refractivity contribution < 1.29 is 14.6 Å². The maximum absolute atomic E-state index is 11.8. The van der Waals surface area contributed by atoms with E-state index in [0.29, 0.717) is 25.3 Å². The highest BCUT2D eigenvalue weighted by Gasteiger charge is 2.23. The highest BCUT2D eigenvalue weighted by Crippen LogP contribution is 2.30. The van der Waals surface area contributed by atoms with Gasteiger partial charge in [-0.05, 0) is 19.1 Å². The molecule has 0 bridgehead atoms. The van der Waals surface area contributed by atoms with Gasteiger partial charge in [0.15, 0.2) is 0 Å². The second-order valence-corrected chi connectivity index (χ2v) is 3.92. The largest absolute Gasteiger partial charge is 0.491 e. The molecule has 0 fully saturated rings. The van der Waals surface area contributed by atoms with Gasteiger partial charge in [-0.2, -0.15) is 0 Å². The first-order valence-electron chi connectivity index (χ1n) is 5.39. The monoisotopic (exact) mass is 221 g/mol. The molecule has 4 nitrogen and oxygen atoms in total. The van der Waals surface area contributed by atoms with E-state index in [4.69, 9.17) is 4.74 Å². The van der Waals surface area contributed by atoms with Gasteiger partial charge in [0.1, 0.15) is 5.75 Å². The van der Waals surface area contributed by atoms with Gasteiger partial charge in [0.25, 0.3) is 0 Å². The lowest BCUT2D eigenvalue weighted by Crippen LogP contribution is -2.36. The van der Waals surface area contributed by atoms with Crippen molar-refractivity contribution in [1.29, 1.82) is 0 Å². The maximum atomic E-state index is 11.8. The van der Waals surface area contributed by atoms with E-state index < -0.39 is 6.10 Å². The topological polar surface area (TPSA) is 49.8 Å². The summed E-state index contributed by atoms with van der Waals surface area (Å²) in [6.07, 6.45) is -0.198. The molecule has 0 radical (unpaired) electrons. The minimum absolute atomic E-state index is 0.00847. The van der Waals surface area contributed by atoms with Crippen LogP contribution in [0, 0.1) is 0 Å². The maximum Gasteiger partial charge on any atom is 0.230 e. The predicted octanol–water partition coefficient (Wildman–Crippen LogP) is 1.18. The van der Waals surface area contributed by atoms with Gasteiger partial charge in [0, 0.05) is 0 Å². The fourth-order valence-corrected chi connectivity index (χ4v) is 1.78. The van der Waals surface area contributed by atoms with Crippen LogP contribution in [0.5, 0.6) is 5.75 Å². The van der Waals surface area contributed by atoms with E-state index in [9.17, 15) is 9.90 Å². The molecule has 0 saturated heterocycles. The number of para-hydroxylation sites is 2. The van der Waals surface area contributed by atoms with Crippen LogP contribution in [0.2, 0.25) is 0 Å². The minimum Gasteiger partial charge on any atom is -0.491 e. The standard InChI is InChI=1S/C12H15NO3/c1-9(14)8-13-10-4-2-3-5-11(10)16-7-6-12(13)15/h2-5,9,14H,6-8H2,1H3/t9-/m0/s1. The van der Waals surface area contributed by atoms with Gasteiger partial charge in [-0.3, -0.25) is 4.79 Å². The van der Waals surface area contributed by atoms with Crippen LogP contribution in [0.3, 0.4) is 0 Å². The number of β-amino-alcohol motifs (C(OH)–C–C–N with tert-alkyl or cyclic N) is 1. The summed E-state index contributed by atoms with van der Waals surface area (Å²) in [6, 6.07) is 7.40. The molecule has 1 aromatic rings. The van der Waals surface area contributed by atoms with Crippen molar-refractivity contribution in [2.24, 2.45) is 0 Å². The number of anilines is 1. The van der Waals surface area contributed by atoms with Crippen molar-refractivity contribution in [1.82, 2.24) is 0 Å². The summed E-state index contributed by atoms with van der Waals surface area (Å²) in [5.74, 6) is 0.694. The molecule has 1 amide bonds. The van der Waals surface area contributed by atoms with Crippen molar-refractivity contribution in [2.45, 2.75) is 19.4 Å². The fourth-order valence-electron chi connectivity index (χ4n) is 1.78. The van der Waals surface area contributed by atoms with Crippen LogP contribution in [-0.2, 0) is 4.79 Å². The smallest absolute Gasteiger partial charge is 0.230 e. The summed E-state index contributed by atoms with van der Waals surface area (Å²) >= 11 is 0. The molecule has 1 aliphatic rings. The van der Waals surface area contributed by atoms with E-state index in [0.717, 1.165) is 5.69 Å². The van der Waals surface area contributed by atoms with Crippen LogP contribution < -0.4 is 9.64 Å². The first-order valence-corrected chi connectivity index (χ1v) is 5.39. The Balaban J connectivity index is 2.36.